The molecule has 2 aromatic carbocycles. The Morgan fingerprint density at radius 3 is 2.45 bits per heavy atom. The second-order valence-corrected chi connectivity index (χ2v) is 16.1. The third-order valence-electron chi connectivity index (χ3n) is 12.1. The predicted molar refractivity (Wildman–Crippen MR) is 230 cm³/mol. The first kappa shape index (κ1) is 40.7. The van der Waals surface area contributed by atoms with Gasteiger partial charge in [0.05, 0.1) is 36.1 Å². The van der Waals surface area contributed by atoms with Gasteiger partial charge in [0.15, 0.2) is 11.5 Å². The van der Waals surface area contributed by atoms with E-state index < -0.39 is 35.8 Å². The van der Waals surface area contributed by atoms with Crippen LogP contribution in [0.1, 0.15) is 83.0 Å². The summed E-state index contributed by atoms with van der Waals surface area (Å²) in [6, 6.07) is 15.8. The monoisotopic (exact) mass is 840 g/mol. The number of hydrogen-bond donors (Lipinski definition) is 3. The number of aryl methyl sites for hydroxylation is 1. The fourth-order valence-corrected chi connectivity index (χ4v) is 8.78. The topological polar surface area (TPSA) is 197 Å². The number of imide groups is 2. The molecule has 320 valence electrons. The van der Waals surface area contributed by atoms with Crippen molar-refractivity contribution in [3.8, 4) is 11.6 Å². The van der Waals surface area contributed by atoms with Crippen LogP contribution in [0.3, 0.4) is 0 Å². The van der Waals surface area contributed by atoms with E-state index in [-0.39, 0.29) is 36.1 Å². The van der Waals surface area contributed by atoms with Crippen molar-refractivity contribution in [2.45, 2.75) is 70.1 Å². The number of hydrogen-bond acceptors (Lipinski definition) is 13. The average Bonchev–Trinajstić information content (AvgIpc) is 3.87. The fourth-order valence-electron chi connectivity index (χ4n) is 8.78. The number of piperidine rings is 1. The molecule has 4 amide bonds. The number of aliphatic hydroxyl groups excluding tert-OH is 1. The summed E-state index contributed by atoms with van der Waals surface area (Å²) >= 11 is 0. The lowest BCUT2D eigenvalue weighted by molar-refractivity contribution is -0.136. The molecule has 3 aromatic heterocycles. The van der Waals surface area contributed by atoms with Crippen molar-refractivity contribution in [3.05, 3.63) is 106 Å². The van der Waals surface area contributed by atoms with Crippen LogP contribution in [-0.4, -0.2) is 108 Å². The number of piperazine rings is 1. The van der Waals surface area contributed by atoms with Crippen LogP contribution < -0.4 is 25.8 Å². The molecule has 1 aliphatic carbocycles. The molecule has 9 rings (SSSR count). The van der Waals surface area contributed by atoms with Gasteiger partial charge >= 0.3 is 0 Å². The van der Waals surface area contributed by atoms with Crippen molar-refractivity contribution in [1.29, 1.82) is 0 Å². The fraction of sp³-hybridized carbons (Fsp3) is 0.378. The Bertz CT molecular complexity index is 2630. The molecule has 17 heteroatoms. The van der Waals surface area contributed by atoms with Crippen LogP contribution >= 0.6 is 0 Å². The van der Waals surface area contributed by atoms with Gasteiger partial charge in [-0.2, -0.15) is 4.98 Å². The molecule has 2 fully saturated rings. The van der Waals surface area contributed by atoms with Crippen LogP contribution in [0.4, 0.5) is 17.3 Å². The summed E-state index contributed by atoms with van der Waals surface area (Å²) in [6.45, 7) is 9.39. The van der Waals surface area contributed by atoms with Gasteiger partial charge in [-0.05, 0) is 92.7 Å². The van der Waals surface area contributed by atoms with Crippen LogP contribution in [0.5, 0.6) is 5.75 Å². The standard InChI is InChI=1S/C45H48N10O7/c1-2-19-53-42(59)34-27-46-45(50-40(34)55(53)37-17-8-28-7-16-36(56)39(28)48-37)47-29-9-11-30(12-10-29)52-23-21-51(22-24-52)20-5-3-4-6-25-62-31-13-14-32-33(26-31)44(61)54(43(32)60)35-15-18-38(57)49-41(35)58/h2,8-14,17,26-27,35-36,56H,1,3-7,15-16,18-25H2,(H,46,47,50)(H,49,57,58). The maximum absolute atomic E-state index is 13.4. The molecule has 2 saturated heterocycles. The zero-order valence-electron chi connectivity index (χ0n) is 34.3. The molecule has 5 aromatic rings. The summed E-state index contributed by atoms with van der Waals surface area (Å²) < 4.78 is 9.12. The normalized spacial score (nSPS) is 18.9. The van der Waals surface area contributed by atoms with Gasteiger partial charge in [0.25, 0.3) is 17.4 Å². The van der Waals surface area contributed by atoms with Crippen molar-refractivity contribution in [1.82, 2.24) is 39.4 Å². The van der Waals surface area contributed by atoms with Crippen LogP contribution in [0, 0.1) is 0 Å². The molecule has 4 aliphatic rings. The van der Waals surface area contributed by atoms with E-state index >= 15 is 0 Å². The van der Waals surface area contributed by atoms with Crippen molar-refractivity contribution in [2.75, 3.05) is 49.5 Å². The van der Waals surface area contributed by atoms with Gasteiger partial charge < -0.3 is 20.1 Å². The van der Waals surface area contributed by atoms with Crippen molar-refractivity contribution < 1.29 is 29.0 Å². The molecule has 0 spiro atoms. The second kappa shape index (κ2) is 17.3. The summed E-state index contributed by atoms with van der Waals surface area (Å²) in [5.74, 6) is -0.774. The Balaban J connectivity index is 0.717. The number of pyridine rings is 1. The Morgan fingerprint density at radius 1 is 0.871 bits per heavy atom. The SMILES string of the molecule is C=CCn1c(=O)c2cnc(Nc3ccc(N4CCN(CCCCCCOc5ccc6c(c5)C(=O)N(C5CCC(=O)NC5=O)C6=O)CC4)cc3)nc2n1-c1ccc2c(n1)C(O)CC2. The molecule has 6 heterocycles. The van der Waals surface area contributed by atoms with E-state index in [1.165, 1.54) is 10.9 Å². The summed E-state index contributed by atoms with van der Waals surface area (Å²) in [4.78, 5) is 83.1. The van der Waals surface area contributed by atoms with Gasteiger partial charge in [-0.25, -0.2) is 19.3 Å². The average molecular weight is 841 g/mol. The second-order valence-electron chi connectivity index (χ2n) is 16.1. The van der Waals surface area contributed by atoms with Crippen molar-refractivity contribution >= 4 is 52.0 Å². The maximum atomic E-state index is 13.4. The zero-order valence-corrected chi connectivity index (χ0v) is 34.3. The number of nitrogens with one attached hydrogen (secondary N) is 2. The quantitative estimate of drug-likeness (QED) is 0.0777. The van der Waals surface area contributed by atoms with Gasteiger partial charge in [-0.15, -0.1) is 6.58 Å². The first-order valence-electron chi connectivity index (χ1n) is 21.3. The van der Waals surface area contributed by atoms with E-state index in [0.717, 1.165) is 86.7 Å². The van der Waals surface area contributed by atoms with Crippen molar-refractivity contribution in [2.24, 2.45) is 0 Å². The van der Waals surface area contributed by atoms with E-state index in [1.807, 2.05) is 24.3 Å². The number of carbonyl (C=O) groups excluding carboxylic acids is 4. The zero-order chi connectivity index (χ0) is 42.9. The minimum Gasteiger partial charge on any atom is -0.494 e. The van der Waals surface area contributed by atoms with E-state index in [2.05, 4.69) is 44.1 Å². The number of unbranched alkanes of at least 4 members (excludes halogenated alkanes) is 3. The number of ether oxygens (including phenoxy) is 1. The molecule has 0 bridgehead atoms. The Morgan fingerprint density at radius 2 is 1.66 bits per heavy atom. The molecule has 62 heavy (non-hydrogen) atoms. The van der Waals surface area contributed by atoms with Gasteiger partial charge in [-0.1, -0.05) is 25.0 Å². The van der Waals surface area contributed by atoms with Gasteiger partial charge in [0.1, 0.15) is 17.2 Å². The molecule has 0 saturated carbocycles. The number of amides is 4. The highest BCUT2D eigenvalue weighted by atomic mass is 16.5. The van der Waals surface area contributed by atoms with Gasteiger partial charge in [0.2, 0.25) is 17.8 Å². The molecule has 0 radical (unpaired) electrons. The highest BCUT2D eigenvalue weighted by Gasteiger charge is 2.44. The Labute approximate surface area is 357 Å². The number of anilines is 3. The summed E-state index contributed by atoms with van der Waals surface area (Å²) in [5.41, 5.74) is 4.19. The lowest BCUT2D eigenvalue weighted by atomic mass is 10.0. The molecule has 17 nitrogen and oxygen atoms in total. The Hall–Kier alpha value is -6.72. The molecule has 2 unspecified atom stereocenters. The van der Waals surface area contributed by atoms with Crippen molar-refractivity contribution in [3.63, 3.8) is 0 Å². The van der Waals surface area contributed by atoms with Crippen LogP contribution in [-0.2, 0) is 22.6 Å². The van der Waals surface area contributed by atoms with E-state index in [1.54, 1.807) is 29.0 Å². The number of allylic oxidation sites excluding steroid dienone is 1. The molecular formula is C45H48N10O7. The number of benzene rings is 2. The smallest absolute Gasteiger partial charge is 0.278 e. The lowest BCUT2D eigenvalue weighted by Crippen LogP contribution is -2.54. The van der Waals surface area contributed by atoms with Crippen LogP contribution in [0.25, 0.3) is 16.9 Å². The maximum Gasteiger partial charge on any atom is 0.278 e. The molecule has 2 atom stereocenters. The predicted octanol–water partition coefficient (Wildman–Crippen LogP) is 4.05. The first-order valence-corrected chi connectivity index (χ1v) is 21.3. The number of rotatable bonds is 15. The Kier molecular flexibility index (Phi) is 11.4. The highest BCUT2D eigenvalue weighted by molar-refractivity contribution is 6.23. The van der Waals surface area contributed by atoms with Crippen LogP contribution in [0.2, 0.25) is 0 Å². The number of aliphatic hydroxyl groups is 1. The van der Waals surface area contributed by atoms with Crippen LogP contribution in [0.15, 0.2) is 78.2 Å². The third-order valence-corrected chi connectivity index (χ3v) is 12.1. The summed E-state index contributed by atoms with van der Waals surface area (Å²) in [5, 5.41) is 16.4. The molecular weight excluding hydrogens is 793 g/mol. The number of nitrogens with zero attached hydrogens (tertiary/aromatic N) is 8. The number of aromatic nitrogens is 5. The molecule has 3 N–H and O–H groups in total. The molecule has 3 aliphatic heterocycles. The lowest BCUT2D eigenvalue weighted by Gasteiger charge is -2.36. The van der Waals surface area contributed by atoms with Gasteiger partial charge in [-0.3, -0.25) is 39.1 Å². The first-order chi connectivity index (χ1) is 30.2. The largest absolute Gasteiger partial charge is 0.494 e. The van der Waals surface area contributed by atoms with E-state index in [0.29, 0.717) is 47.3 Å². The minimum atomic E-state index is -0.994. The highest BCUT2D eigenvalue weighted by Crippen LogP contribution is 2.32. The van der Waals surface area contributed by atoms with E-state index in [4.69, 9.17) is 14.7 Å². The van der Waals surface area contributed by atoms with Gasteiger partial charge in [0, 0.05) is 50.2 Å². The third kappa shape index (κ3) is 7.96. The number of carbonyl (C=O) groups is 4. The summed E-state index contributed by atoms with van der Waals surface area (Å²) in [6.07, 6.45) is 8.14. The summed E-state index contributed by atoms with van der Waals surface area (Å²) in [7, 11) is 0. The number of fused-ring (bicyclic) bond motifs is 3. The minimum absolute atomic E-state index is 0.0766. The van der Waals surface area contributed by atoms with E-state index in [9.17, 15) is 29.1 Å².